The fraction of sp³-hybridized carbons (Fsp3) is 0.500. The van der Waals surface area contributed by atoms with E-state index < -0.39 is 0 Å². The molecule has 1 saturated heterocycles. The molecule has 0 radical (unpaired) electrons. The second-order valence-corrected chi connectivity index (χ2v) is 4.30. The van der Waals surface area contributed by atoms with Gasteiger partial charge in [0.25, 0.3) is 0 Å². The molecule has 0 amide bonds. The van der Waals surface area contributed by atoms with Crippen molar-refractivity contribution in [1.82, 2.24) is 5.43 Å². The minimum atomic E-state index is -0.247. The van der Waals surface area contributed by atoms with Crippen LogP contribution in [0.4, 0.5) is 4.39 Å². The van der Waals surface area contributed by atoms with Crippen LogP contribution in [-0.2, 0) is 4.74 Å². The number of hydrogen-bond acceptors (Lipinski definition) is 3. The second kappa shape index (κ2) is 4.91. The summed E-state index contributed by atoms with van der Waals surface area (Å²) in [5.41, 5.74) is 3.56. The van der Waals surface area contributed by atoms with Gasteiger partial charge in [0, 0.05) is 6.61 Å². The lowest BCUT2D eigenvalue weighted by Gasteiger charge is -2.25. The molecule has 0 spiro atoms. The highest BCUT2D eigenvalue weighted by Gasteiger charge is 2.32. The van der Waals surface area contributed by atoms with E-state index in [9.17, 15) is 4.39 Å². The van der Waals surface area contributed by atoms with Gasteiger partial charge in [0.1, 0.15) is 5.82 Å². The van der Waals surface area contributed by atoms with E-state index in [1.807, 2.05) is 6.07 Å². The Morgan fingerprint density at radius 2 is 2.38 bits per heavy atom. The molecule has 0 aliphatic carbocycles. The third-order valence-corrected chi connectivity index (χ3v) is 3.16. The molecule has 3 nitrogen and oxygen atoms in total. The summed E-state index contributed by atoms with van der Waals surface area (Å²) in [5, 5.41) is 0. The van der Waals surface area contributed by atoms with Crippen molar-refractivity contribution in [3.8, 4) is 0 Å². The van der Waals surface area contributed by atoms with Gasteiger partial charge in [-0.2, -0.15) is 0 Å². The van der Waals surface area contributed by atoms with E-state index >= 15 is 0 Å². The predicted octanol–water partition coefficient (Wildman–Crippen LogP) is 1.76. The smallest absolute Gasteiger partial charge is 0.123 e. The number of rotatable bonds is 3. The van der Waals surface area contributed by atoms with Gasteiger partial charge >= 0.3 is 0 Å². The third kappa shape index (κ3) is 2.24. The van der Waals surface area contributed by atoms with Gasteiger partial charge in [-0.15, -0.1) is 0 Å². The van der Waals surface area contributed by atoms with Crippen molar-refractivity contribution in [3.05, 3.63) is 35.6 Å². The van der Waals surface area contributed by atoms with E-state index in [1.165, 1.54) is 12.1 Å². The maximum atomic E-state index is 13.1. The Morgan fingerprint density at radius 1 is 1.56 bits per heavy atom. The van der Waals surface area contributed by atoms with Crippen LogP contribution in [-0.4, -0.2) is 12.7 Å². The summed E-state index contributed by atoms with van der Waals surface area (Å²) < 4.78 is 18.8. The molecule has 1 aliphatic rings. The highest BCUT2D eigenvalue weighted by Crippen LogP contribution is 2.30. The second-order valence-electron chi connectivity index (χ2n) is 4.30. The van der Waals surface area contributed by atoms with Crippen molar-refractivity contribution in [2.75, 3.05) is 6.61 Å². The quantitative estimate of drug-likeness (QED) is 0.607. The summed E-state index contributed by atoms with van der Waals surface area (Å²) in [6, 6.07) is 6.33. The zero-order valence-electron chi connectivity index (χ0n) is 9.32. The van der Waals surface area contributed by atoms with Crippen LogP contribution in [0, 0.1) is 11.7 Å². The van der Waals surface area contributed by atoms with E-state index in [4.69, 9.17) is 10.6 Å². The summed E-state index contributed by atoms with van der Waals surface area (Å²) in [4.78, 5) is 0. The number of hydrazine groups is 1. The lowest BCUT2D eigenvalue weighted by molar-refractivity contribution is 0.0606. The van der Waals surface area contributed by atoms with Gasteiger partial charge in [-0.05, 0) is 30.0 Å². The largest absolute Gasteiger partial charge is 0.376 e. The molecule has 1 heterocycles. The molecule has 88 valence electrons. The zero-order chi connectivity index (χ0) is 11.5. The minimum absolute atomic E-state index is 0.0202. The molecule has 0 saturated carbocycles. The summed E-state index contributed by atoms with van der Waals surface area (Å²) in [6.07, 6.45) is 1.05. The topological polar surface area (TPSA) is 47.3 Å². The minimum Gasteiger partial charge on any atom is -0.376 e. The maximum absolute atomic E-state index is 13.1. The molecule has 16 heavy (non-hydrogen) atoms. The van der Waals surface area contributed by atoms with Crippen LogP contribution in [0.15, 0.2) is 24.3 Å². The Morgan fingerprint density at radius 3 is 2.94 bits per heavy atom. The highest BCUT2D eigenvalue weighted by molar-refractivity contribution is 5.21. The van der Waals surface area contributed by atoms with Gasteiger partial charge in [0.05, 0.1) is 12.1 Å². The van der Waals surface area contributed by atoms with Gasteiger partial charge < -0.3 is 4.74 Å². The summed E-state index contributed by atoms with van der Waals surface area (Å²) in [6.45, 7) is 2.88. The van der Waals surface area contributed by atoms with Crippen molar-refractivity contribution in [2.45, 2.75) is 25.5 Å². The molecule has 3 N–H and O–H groups in total. The molecule has 1 fully saturated rings. The van der Waals surface area contributed by atoms with Crippen LogP contribution in [0.1, 0.15) is 24.9 Å². The number of nitrogens with one attached hydrogen (secondary N) is 1. The monoisotopic (exact) mass is 224 g/mol. The first-order chi connectivity index (χ1) is 7.72. The first-order valence-corrected chi connectivity index (χ1v) is 5.55. The lowest BCUT2D eigenvalue weighted by atomic mass is 9.93. The maximum Gasteiger partial charge on any atom is 0.123 e. The van der Waals surface area contributed by atoms with Crippen molar-refractivity contribution >= 4 is 0 Å². The Kier molecular flexibility index (Phi) is 3.53. The molecule has 2 rings (SSSR count). The Balaban J connectivity index is 2.21. The Bertz CT molecular complexity index is 359. The van der Waals surface area contributed by atoms with Crippen LogP contribution in [0.2, 0.25) is 0 Å². The molecular weight excluding hydrogens is 207 g/mol. The molecular formula is C12H17FN2O. The number of hydrogen-bond donors (Lipinski definition) is 2. The van der Waals surface area contributed by atoms with Crippen LogP contribution in [0.25, 0.3) is 0 Å². The molecule has 3 unspecified atom stereocenters. The van der Waals surface area contributed by atoms with Gasteiger partial charge in [-0.3, -0.25) is 11.3 Å². The number of nitrogens with two attached hydrogens (primary N) is 1. The number of ether oxygens (including phenoxy) is 1. The average molecular weight is 224 g/mol. The first kappa shape index (κ1) is 11.5. The normalized spacial score (nSPS) is 26.9. The average Bonchev–Trinajstić information content (AvgIpc) is 2.67. The molecule has 0 aromatic heterocycles. The number of halogens is 1. The van der Waals surface area contributed by atoms with Crippen molar-refractivity contribution in [3.63, 3.8) is 0 Å². The lowest BCUT2D eigenvalue weighted by Crippen LogP contribution is -2.38. The first-order valence-electron chi connectivity index (χ1n) is 5.55. The molecule has 1 aromatic carbocycles. The fourth-order valence-corrected chi connectivity index (χ4v) is 2.22. The van der Waals surface area contributed by atoms with Crippen LogP contribution in [0.5, 0.6) is 0 Å². The molecule has 0 bridgehead atoms. The Labute approximate surface area is 94.8 Å². The molecule has 4 heteroatoms. The van der Waals surface area contributed by atoms with Crippen molar-refractivity contribution in [1.29, 1.82) is 0 Å². The van der Waals surface area contributed by atoms with E-state index in [0.29, 0.717) is 5.92 Å². The van der Waals surface area contributed by atoms with E-state index in [1.54, 1.807) is 6.07 Å². The van der Waals surface area contributed by atoms with Gasteiger partial charge in [-0.1, -0.05) is 19.1 Å². The van der Waals surface area contributed by atoms with Crippen molar-refractivity contribution < 1.29 is 9.13 Å². The zero-order valence-corrected chi connectivity index (χ0v) is 9.32. The Hall–Kier alpha value is -0.970. The van der Waals surface area contributed by atoms with E-state index in [2.05, 4.69) is 12.3 Å². The van der Waals surface area contributed by atoms with Gasteiger partial charge in [0.15, 0.2) is 0 Å². The van der Waals surface area contributed by atoms with E-state index in [0.717, 1.165) is 18.6 Å². The van der Waals surface area contributed by atoms with Crippen LogP contribution < -0.4 is 11.3 Å². The third-order valence-electron chi connectivity index (χ3n) is 3.16. The summed E-state index contributed by atoms with van der Waals surface area (Å²) in [5.74, 6) is 5.73. The highest BCUT2D eigenvalue weighted by atomic mass is 19.1. The SMILES string of the molecule is CC1CCOC1C(NN)c1cccc(F)c1. The molecule has 1 aromatic rings. The standard InChI is InChI=1S/C12H17FN2O/c1-8-5-6-16-12(8)11(15-14)9-3-2-4-10(13)7-9/h2-4,7-8,11-12,15H,5-6,14H2,1H3. The van der Waals surface area contributed by atoms with Crippen LogP contribution >= 0.6 is 0 Å². The molecule has 3 atom stereocenters. The van der Waals surface area contributed by atoms with Crippen LogP contribution in [0.3, 0.4) is 0 Å². The van der Waals surface area contributed by atoms with E-state index in [-0.39, 0.29) is 18.0 Å². The van der Waals surface area contributed by atoms with Gasteiger partial charge in [-0.25, -0.2) is 4.39 Å². The summed E-state index contributed by atoms with van der Waals surface area (Å²) >= 11 is 0. The molecule has 1 aliphatic heterocycles. The van der Waals surface area contributed by atoms with Gasteiger partial charge in [0.2, 0.25) is 0 Å². The predicted molar refractivity (Wildman–Crippen MR) is 60.0 cm³/mol. The van der Waals surface area contributed by atoms with Crippen molar-refractivity contribution in [2.24, 2.45) is 11.8 Å². The summed E-state index contributed by atoms with van der Waals surface area (Å²) in [7, 11) is 0. The number of benzene rings is 1. The fourth-order valence-electron chi connectivity index (χ4n) is 2.22.